The minimum absolute atomic E-state index is 0.0343. The van der Waals surface area contributed by atoms with Crippen LogP contribution in [0.5, 0.6) is 11.5 Å². The third kappa shape index (κ3) is 2.51. The van der Waals surface area contributed by atoms with Crippen LogP contribution in [-0.4, -0.2) is 18.8 Å². The van der Waals surface area contributed by atoms with Crippen LogP contribution in [0.15, 0.2) is 41.3 Å². The van der Waals surface area contributed by atoms with Crippen molar-refractivity contribution in [1.82, 2.24) is 0 Å². The summed E-state index contributed by atoms with van der Waals surface area (Å²) in [7, 11) is -5.30. The lowest BCUT2D eigenvalue weighted by Crippen LogP contribution is -2.28. The molecule has 1 unspecified atom stereocenters. The number of nitrogens with zero attached hydrogens (tertiary/aromatic N) is 1. The number of nitriles is 1. The van der Waals surface area contributed by atoms with Gasteiger partial charge in [-0.15, -0.1) is 0 Å². The Balaban J connectivity index is 2.19. The molecule has 1 atom stereocenters. The molecule has 5 nitrogen and oxygen atoms in total. The Morgan fingerprint density at radius 2 is 1.92 bits per heavy atom. The van der Waals surface area contributed by atoms with Crippen LogP contribution in [0.25, 0.3) is 0 Å². The van der Waals surface area contributed by atoms with E-state index >= 15 is 0 Å². The summed E-state index contributed by atoms with van der Waals surface area (Å²) in [5.74, 6) is -0.631. The van der Waals surface area contributed by atoms with Crippen LogP contribution >= 0.6 is 0 Å². The molecule has 0 saturated heterocycles. The van der Waals surface area contributed by atoms with Crippen LogP contribution < -0.4 is 4.74 Å². The first-order valence-corrected chi connectivity index (χ1v) is 8.53. The predicted octanol–water partition coefficient (Wildman–Crippen LogP) is 3.70. The summed E-state index contributed by atoms with van der Waals surface area (Å²) in [4.78, 5) is -1.07. The van der Waals surface area contributed by atoms with Crippen molar-refractivity contribution in [3.05, 3.63) is 53.1 Å². The second kappa shape index (κ2) is 5.96. The van der Waals surface area contributed by atoms with Gasteiger partial charge in [0.25, 0.3) is 6.43 Å². The molecule has 0 spiro atoms. The monoisotopic (exact) mass is 387 g/mol. The molecule has 0 saturated carbocycles. The minimum Gasteiger partial charge on any atom is -0.457 e. The molecule has 1 N–H and O–H groups in total. The number of alkyl halides is 4. The van der Waals surface area contributed by atoms with Gasteiger partial charge in [0.2, 0.25) is 9.84 Å². The Morgan fingerprint density at radius 1 is 1.23 bits per heavy atom. The third-order valence-electron chi connectivity index (χ3n) is 3.86. The van der Waals surface area contributed by atoms with E-state index in [4.69, 9.17) is 10.00 Å². The van der Waals surface area contributed by atoms with E-state index in [0.29, 0.717) is 6.07 Å². The molecule has 2 aromatic carbocycles. The standard InChI is InChI=1S/C16H9F4NO4S/c17-15(18)12-10(25-9-3-1-2-8(6-9)7-21)4-5-11-13(12)14(22)16(19,20)26(11,23)24/h1-6,14-15,22H. The summed E-state index contributed by atoms with van der Waals surface area (Å²) in [5, 5.41) is 13.9. The molecule has 0 amide bonds. The first kappa shape index (κ1) is 18.2. The zero-order valence-corrected chi connectivity index (χ0v) is 13.5. The lowest BCUT2D eigenvalue weighted by Gasteiger charge is -2.16. The molecule has 136 valence electrons. The van der Waals surface area contributed by atoms with E-state index in [2.05, 4.69) is 0 Å². The Labute approximate surface area is 145 Å². The fraction of sp³-hybridized carbons (Fsp3) is 0.188. The number of benzene rings is 2. The number of rotatable bonds is 3. The van der Waals surface area contributed by atoms with E-state index in [-0.39, 0.29) is 11.3 Å². The minimum atomic E-state index is -5.30. The molecule has 0 aliphatic carbocycles. The topological polar surface area (TPSA) is 87.4 Å². The Bertz CT molecular complexity index is 1030. The van der Waals surface area contributed by atoms with Crippen molar-refractivity contribution >= 4 is 9.84 Å². The Hall–Kier alpha value is -2.64. The van der Waals surface area contributed by atoms with Crippen LogP contribution in [0, 0.1) is 11.3 Å². The zero-order valence-electron chi connectivity index (χ0n) is 12.7. The molecule has 1 aliphatic heterocycles. The van der Waals surface area contributed by atoms with E-state index in [0.717, 1.165) is 6.07 Å². The van der Waals surface area contributed by atoms with E-state index in [1.165, 1.54) is 24.3 Å². The molecule has 3 rings (SSSR count). The number of hydrogen-bond acceptors (Lipinski definition) is 5. The number of halogens is 4. The van der Waals surface area contributed by atoms with Crippen molar-refractivity contribution in [2.24, 2.45) is 0 Å². The average Bonchev–Trinajstić information content (AvgIpc) is 2.72. The Kier molecular flexibility index (Phi) is 4.17. The van der Waals surface area contributed by atoms with Crippen molar-refractivity contribution in [3.63, 3.8) is 0 Å². The highest BCUT2D eigenvalue weighted by Crippen LogP contribution is 2.53. The van der Waals surface area contributed by atoms with E-state index in [1.807, 2.05) is 6.07 Å². The van der Waals surface area contributed by atoms with Crippen LogP contribution in [0.3, 0.4) is 0 Å². The summed E-state index contributed by atoms with van der Waals surface area (Å²) in [6.07, 6.45) is -6.33. The molecular formula is C16H9F4NO4S. The summed E-state index contributed by atoms with van der Waals surface area (Å²) in [6.45, 7) is 0. The van der Waals surface area contributed by atoms with E-state index < -0.39 is 49.4 Å². The van der Waals surface area contributed by atoms with E-state index in [1.54, 1.807) is 0 Å². The number of sulfone groups is 1. The number of fused-ring (bicyclic) bond motifs is 1. The smallest absolute Gasteiger partial charge is 0.379 e. The van der Waals surface area contributed by atoms with Gasteiger partial charge in [-0.05, 0) is 30.3 Å². The van der Waals surface area contributed by atoms with Gasteiger partial charge < -0.3 is 9.84 Å². The third-order valence-corrected chi connectivity index (χ3v) is 5.73. The second-order valence-corrected chi connectivity index (χ2v) is 7.39. The normalized spacial score (nSPS) is 19.8. The van der Waals surface area contributed by atoms with Crippen LogP contribution in [0.4, 0.5) is 17.6 Å². The molecule has 1 aliphatic rings. The summed E-state index contributed by atoms with van der Waals surface area (Å²) in [6, 6.07) is 8.72. The molecule has 0 bridgehead atoms. The maximum atomic E-state index is 13.8. The SMILES string of the molecule is N#Cc1cccc(Oc2ccc3c(c2C(F)F)C(O)C(F)(F)S3(=O)=O)c1. The van der Waals surface area contributed by atoms with Gasteiger partial charge in [-0.3, -0.25) is 0 Å². The fourth-order valence-electron chi connectivity index (χ4n) is 2.64. The quantitative estimate of drug-likeness (QED) is 0.812. The summed E-state index contributed by atoms with van der Waals surface area (Å²) >= 11 is 0. The Morgan fingerprint density at radius 3 is 2.54 bits per heavy atom. The highest BCUT2D eigenvalue weighted by Gasteiger charge is 2.61. The molecule has 10 heteroatoms. The van der Waals surface area contributed by atoms with E-state index in [9.17, 15) is 31.1 Å². The van der Waals surface area contributed by atoms with Gasteiger partial charge in [-0.2, -0.15) is 14.0 Å². The van der Waals surface area contributed by atoms with Crippen molar-refractivity contribution in [1.29, 1.82) is 5.26 Å². The van der Waals surface area contributed by atoms with Gasteiger partial charge in [0, 0.05) is 5.56 Å². The molecule has 0 aromatic heterocycles. The highest BCUT2D eigenvalue weighted by atomic mass is 32.2. The van der Waals surface area contributed by atoms with Gasteiger partial charge >= 0.3 is 5.25 Å². The van der Waals surface area contributed by atoms with Crippen molar-refractivity contribution in [2.45, 2.75) is 22.7 Å². The van der Waals surface area contributed by atoms with Gasteiger partial charge in [-0.25, -0.2) is 17.2 Å². The maximum absolute atomic E-state index is 13.8. The number of ether oxygens (including phenoxy) is 1. The van der Waals surface area contributed by atoms with Crippen LogP contribution in [-0.2, 0) is 9.84 Å². The maximum Gasteiger partial charge on any atom is 0.379 e. The molecule has 26 heavy (non-hydrogen) atoms. The fourth-order valence-corrected chi connectivity index (χ4v) is 4.11. The van der Waals surface area contributed by atoms with Crippen LogP contribution in [0.1, 0.15) is 29.2 Å². The number of aliphatic hydroxyl groups is 1. The van der Waals surface area contributed by atoms with Crippen molar-refractivity contribution in [2.75, 3.05) is 0 Å². The molecule has 0 radical (unpaired) electrons. The van der Waals surface area contributed by atoms with Gasteiger partial charge in [0.15, 0.2) is 6.10 Å². The molecule has 1 heterocycles. The second-order valence-electron chi connectivity index (χ2n) is 5.40. The largest absolute Gasteiger partial charge is 0.457 e. The molecule has 2 aromatic rings. The first-order valence-electron chi connectivity index (χ1n) is 7.04. The molecular weight excluding hydrogens is 378 g/mol. The summed E-state index contributed by atoms with van der Waals surface area (Å²) < 4.78 is 83.6. The molecule has 0 fully saturated rings. The first-order chi connectivity index (χ1) is 12.1. The van der Waals surface area contributed by atoms with Gasteiger partial charge in [0.05, 0.1) is 22.1 Å². The predicted molar refractivity (Wildman–Crippen MR) is 79.7 cm³/mol. The summed E-state index contributed by atoms with van der Waals surface area (Å²) in [5.41, 5.74) is -2.06. The lowest BCUT2D eigenvalue weighted by molar-refractivity contribution is -0.0391. The average molecular weight is 387 g/mol. The number of aliphatic hydroxyl groups excluding tert-OH is 1. The number of hydrogen-bond donors (Lipinski definition) is 1. The van der Waals surface area contributed by atoms with Gasteiger partial charge in [-0.1, -0.05) is 6.07 Å². The van der Waals surface area contributed by atoms with Crippen molar-refractivity contribution < 1.29 is 35.8 Å². The zero-order chi connectivity index (χ0) is 19.3. The van der Waals surface area contributed by atoms with Crippen LogP contribution in [0.2, 0.25) is 0 Å². The highest BCUT2D eigenvalue weighted by molar-refractivity contribution is 7.92. The van der Waals surface area contributed by atoms with Gasteiger partial charge in [0.1, 0.15) is 11.5 Å². The van der Waals surface area contributed by atoms with Crippen molar-refractivity contribution in [3.8, 4) is 17.6 Å². The lowest BCUT2D eigenvalue weighted by atomic mass is 10.0.